The van der Waals surface area contributed by atoms with Crippen LogP contribution in [-0.2, 0) is 4.79 Å². The van der Waals surface area contributed by atoms with Crippen LogP contribution < -0.4 is 9.47 Å². The van der Waals surface area contributed by atoms with Crippen LogP contribution >= 0.6 is 11.6 Å². The van der Waals surface area contributed by atoms with E-state index in [1.807, 2.05) is 32.8 Å². The third-order valence-electron chi connectivity index (χ3n) is 5.94. The van der Waals surface area contributed by atoms with Gasteiger partial charge < -0.3 is 29.5 Å². The Hall–Kier alpha value is -2.81. The van der Waals surface area contributed by atoms with Crippen LogP contribution in [0.15, 0.2) is 36.4 Å². The molecule has 0 radical (unpaired) electrons. The number of carbonyl (C=O) groups is 2. The number of carbonyl (C=O) groups excluding carboxylic acids is 2. The maximum absolute atomic E-state index is 13.5. The number of phenols is 1. The molecule has 2 N–H and O–H groups in total. The number of likely N-dealkylation sites (tertiary alicyclic amines) is 1. The molecule has 0 spiro atoms. The van der Waals surface area contributed by atoms with Gasteiger partial charge in [0.2, 0.25) is 0 Å². The highest BCUT2D eigenvalue weighted by Gasteiger charge is 2.66. The number of hydrogen-bond donors (Lipinski definition) is 2. The molecule has 2 aliphatic rings. The zero-order valence-electron chi connectivity index (χ0n) is 20.0. The SMILES string of the molecule is CC.COc1ccc(C2C3C(=O)c4cc(Cl)ccc4OC3(O)C(=O)N2CCCN(C)C)cc1O. The zero-order valence-corrected chi connectivity index (χ0v) is 20.8. The van der Waals surface area contributed by atoms with E-state index < -0.39 is 29.4 Å². The Morgan fingerprint density at radius 1 is 1.18 bits per heavy atom. The Labute approximate surface area is 204 Å². The Morgan fingerprint density at radius 2 is 1.88 bits per heavy atom. The van der Waals surface area contributed by atoms with Gasteiger partial charge in [-0.3, -0.25) is 9.59 Å². The molecule has 9 heteroatoms. The summed E-state index contributed by atoms with van der Waals surface area (Å²) in [5, 5.41) is 22.1. The van der Waals surface area contributed by atoms with Crippen LogP contribution in [0.2, 0.25) is 5.02 Å². The van der Waals surface area contributed by atoms with Crippen molar-refractivity contribution in [2.75, 3.05) is 34.3 Å². The summed E-state index contributed by atoms with van der Waals surface area (Å²) in [6, 6.07) is 8.31. The lowest BCUT2D eigenvalue weighted by Gasteiger charge is -2.34. The summed E-state index contributed by atoms with van der Waals surface area (Å²) >= 11 is 6.08. The molecule has 2 heterocycles. The molecule has 1 saturated heterocycles. The molecule has 34 heavy (non-hydrogen) atoms. The Kier molecular flexibility index (Phi) is 7.75. The number of fused-ring (bicyclic) bond motifs is 2. The van der Waals surface area contributed by atoms with Gasteiger partial charge >= 0.3 is 5.79 Å². The van der Waals surface area contributed by atoms with Gasteiger partial charge in [-0.15, -0.1) is 0 Å². The third-order valence-corrected chi connectivity index (χ3v) is 6.18. The summed E-state index contributed by atoms with van der Waals surface area (Å²) in [7, 11) is 5.27. The Morgan fingerprint density at radius 3 is 2.50 bits per heavy atom. The summed E-state index contributed by atoms with van der Waals surface area (Å²) < 4.78 is 10.9. The molecule has 2 aromatic carbocycles. The number of ether oxygens (including phenoxy) is 2. The number of benzene rings is 2. The van der Waals surface area contributed by atoms with Crippen molar-refractivity contribution in [2.24, 2.45) is 5.92 Å². The van der Waals surface area contributed by atoms with Crippen LogP contribution in [0.1, 0.15) is 42.2 Å². The van der Waals surface area contributed by atoms with Crippen LogP contribution in [0.5, 0.6) is 17.2 Å². The first-order valence-electron chi connectivity index (χ1n) is 11.2. The number of hydrogen-bond acceptors (Lipinski definition) is 7. The van der Waals surface area contributed by atoms with Gasteiger partial charge in [0.05, 0.1) is 18.7 Å². The summed E-state index contributed by atoms with van der Waals surface area (Å²) in [5.41, 5.74) is 0.697. The highest BCUT2D eigenvalue weighted by molar-refractivity contribution is 6.31. The van der Waals surface area contributed by atoms with Crippen LogP contribution in [0.3, 0.4) is 0 Å². The van der Waals surface area contributed by atoms with E-state index in [0.29, 0.717) is 30.1 Å². The molecular formula is C25H31ClN2O6. The van der Waals surface area contributed by atoms with Gasteiger partial charge in [0.15, 0.2) is 17.3 Å². The van der Waals surface area contributed by atoms with E-state index in [1.54, 1.807) is 12.1 Å². The molecule has 0 aromatic heterocycles. The third kappa shape index (κ3) is 4.45. The molecule has 0 bridgehead atoms. The van der Waals surface area contributed by atoms with Crippen molar-refractivity contribution in [3.8, 4) is 17.2 Å². The summed E-state index contributed by atoms with van der Waals surface area (Å²) in [4.78, 5) is 30.4. The van der Waals surface area contributed by atoms with Crippen molar-refractivity contribution in [1.82, 2.24) is 9.80 Å². The molecule has 184 valence electrons. The minimum Gasteiger partial charge on any atom is -0.504 e. The molecule has 2 aromatic rings. The number of aliphatic hydroxyl groups is 1. The maximum atomic E-state index is 13.5. The molecule has 8 nitrogen and oxygen atoms in total. The van der Waals surface area contributed by atoms with Gasteiger partial charge in [-0.2, -0.15) is 0 Å². The average Bonchev–Trinajstić information content (AvgIpc) is 3.03. The second-order valence-corrected chi connectivity index (χ2v) is 8.75. The molecule has 0 saturated carbocycles. The molecule has 2 aliphatic heterocycles. The van der Waals surface area contributed by atoms with Crippen LogP contribution in [0.4, 0.5) is 0 Å². The van der Waals surface area contributed by atoms with Gasteiger partial charge in [0.25, 0.3) is 5.91 Å². The van der Waals surface area contributed by atoms with Gasteiger partial charge in [0.1, 0.15) is 11.7 Å². The van der Waals surface area contributed by atoms with Crippen LogP contribution in [0, 0.1) is 5.92 Å². The minimum atomic E-state index is -2.35. The zero-order chi connectivity index (χ0) is 25.2. The number of methoxy groups -OCH3 is 1. The number of nitrogens with zero attached hydrogens (tertiary/aromatic N) is 2. The van der Waals surface area contributed by atoms with Crippen LogP contribution in [0.25, 0.3) is 0 Å². The highest BCUT2D eigenvalue weighted by Crippen LogP contribution is 2.51. The van der Waals surface area contributed by atoms with Gasteiger partial charge in [-0.1, -0.05) is 31.5 Å². The maximum Gasteiger partial charge on any atom is 0.301 e. The molecule has 1 fully saturated rings. The number of Topliss-reactive ketones (excluding diaryl/α,β-unsaturated/α-hetero) is 1. The van der Waals surface area contributed by atoms with E-state index in [0.717, 1.165) is 0 Å². The lowest BCUT2D eigenvalue weighted by atomic mass is 9.81. The van der Waals surface area contributed by atoms with Crippen LogP contribution in [-0.4, -0.2) is 71.8 Å². The van der Waals surface area contributed by atoms with Gasteiger partial charge in [-0.05, 0) is 63.0 Å². The monoisotopic (exact) mass is 490 g/mol. The van der Waals surface area contributed by atoms with E-state index in [1.165, 1.54) is 36.3 Å². The Bertz CT molecular complexity index is 1080. The van der Waals surface area contributed by atoms with E-state index in [9.17, 15) is 19.8 Å². The van der Waals surface area contributed by atoms with Gasteiger partial charge in [-0.25, -0.2) is 0 Å². The Balaban J connectivity index is 0.00000158. The van der Waals surface area contributed by atoms with E-state index in [2.05, 4.69) is 0 Å². The fourth-order valence-electron chi connectivity index (χ4n) is 4.47. The van der Waals surface area contributed by atoms with E-state index in [-0.39, 0.29) is 22.8 Å². The molecule has 3 atom stereocenters. The summed E-state index contributed by atoms with van der Waals surface area (Å²) in [6.07, 6.45) is 0.618. The highest BCUT2D eigenvalue weighted by atomic mass is 35.5. The van der Waals surface area contributed by atoms with Crippen molar-refractivity contribution in [3.05, 3.63) is 52.5 Å². The topological polar surface area (TPSA) is 99.5 Å². The normalized spacial score (nSPS) is 23.1. The predicted octanol–water partition coefficient (Wildman–Crippen LogP) is 3.50. The van der Waals surface area contributed by atoms with E-state index in [4.69, 9.17) is 21.1 Å². The van der Waals surface area contributed by atoms with Crippen molar-refractivity contribution in [1.29, 1.82) is 0 Å². The lowest BCUT2D eigenvalue weighted by Crippen LogP contribution is -2.53. The average molecular weight is 491 g/mol. The lowest BCUT2D eigenvalue weighted by molar-refractivity contribution is -0.181. The number of ketones is 1. The molecular weight excluding hydrogens is 460 g/mol. The molecule has 0 aliphatic carbocycles. The minimum absolute atomic E-state index is 0.109. The van der Waals surface area contributed by atoms with E-state index >= 15 is 0 Å². The van der Waals surface area contributed by atoms with Crippen molar-refractivity contribution in [2.45, 2.75) is 32.1 Å². The number of phenolic OH excluding ortho intramolecular Hbond substituents is 1. The van der Waals surface area contributed by atoms with Gasteiger partial charge in [0, 0.05) is 11.6 Å². The standard InChI is InChI=1S/C23H25ClN2O6.C2H6/c1-25(2)9-4-10-26-20(13-5-7-18(31-3)16(27)11-13)19-21(28)15-12-14(24)6-8-17(15)32-23(19,30)22(26)29;1-2/h5-8,11-12,19-20,27,30H,4,9-10H2,1-3H3;1-2H3. The molecule has 4 rings (SSSR count). The first-order chi connectivity index (χ1) is 16.2. The fraction of sp³-hybridized carbons (Fsp3) is 0.440. The van der Waals surface area contributed by atoms with Crippen molar-refractivity contribution < 1.29 is 29.3 Å². The molecule has 3 unspecified atom stereocenters. The fourth-order valence-corrected chi connectivity index (χ4v) is 4.64. The number of halogens is 1. The second-order valence-electron chi connectivity index (χ2n) is 8.31. The van der Waals surface area contributed by atoms with Crippen molar-refractivity contribution >= 4 is 23.3 Å². The smallest absolute Gasteiger partial charge is 0.301 e. The first kappa shape index (κ1) is 25.8. The largest absolute Gasteiger partial charge is 0.504 e. The number of amides is 1. The number of rotatable bonds is 6. The summed E-state index contributed by atoms with van der Waals surface area (Å²) in [6.45, 7) is 5.00. The first-order valence-corrected chi connectivity index (χ1v) is 11.6. The number of aromatic hydroxyl groups is 1. The molecule has 1 amide bonds. The predicted molar refractivity (Wildman–Crippen MR) is 128 cm³/mol. The van der Waals surface area contributed by atoms with Crippen molar-refractivity contribution in [3.63, 3.8) is 0 Å². The summed E-state index contributed by atoms with van der Waals surface area (Å²) in [5.74, 6) is -4.47. The second kappa shape index (κ2) is 10.2. The quantitative estimate of drug-likeness (QED) is 0.639.